The lowest BCUT2D eigenvalue weighted by Gasteiger charge is -2.21. The Morgan fingerprint density at radius 2 is 1.80 bits per heavy atom. The fourth-order valence-corrected chi connectivity index (χ4v) is 5.09. The zero-order valence-electron chi connectivity index (χ0n) is 22.3. The van der Waals surface area contributed by atoms with Crippen molar-refractivity contribution in [1.29, 1.82) is 0 Å². The van der Waals surface area contributed by atoms with Gasteiger partial charge < -0.3 is 20.3 Å². The Balaban J connectivity index is 1.10. The van der Waals surface area contributed by atoms with E-state index in [9.17, 15) is 22.8 Å². The van der Waals surface area contributed by atoms with Crippen LogP contribution in [0.25, 0.3) is 0 Å². The Bertz CT molecular complexity index is 1490. The number of Topliss-reactive ketones (excluding diaryl/α,β-unsaturated/α-hetero) is 1. The van der Waals surface area contributed by atoms with E-state index in [1.54, 1.807) is 37.3 Å². The number of halogens is 3. The van der Waals surface area contributed by atoms with Gasteiger partial charge in [0.1, 0.15) is 12.1 Å². The van der Waals surface area contributed by atoms with E-state index in [0.717, 1.165) is 37.8 Å². The maximum Gasteiger partial charge on any atom is 0.416 e. The van der Waals surface area contributed by atoms with E-state index in [1.165, 1.54) is 6.33 Å². The van der Waals surface area contributed by atoms with E-state index in [1.807, 2.05) is 4.90 Å². The fourth-order valence-electron chi connectivity index (χ4n) is 5.09. The van der Waals surface area contributed by atoms with Crippen LogP contribution in [-0.2, 0) is 11.0 Å². The molecule has 2 unspecified atom stereocenters. The number of aryl methyl sites for hydroxylation is 1. The van der Waals surface area contributed by atoms with Crippen LogP contribution >= 0.6 is 0 Å². The molecule has 1 aliphatic carbocycles. The molecule has 2 aliphatic heterocycles. The number of hydrogen-bond acceptors (Lipinski definition) is 7. The number of carbonyl (C=O) groups excluding carboxylic acids is 2. The standard InChI is InChI=1S/C29H29F3N6O3/c1-16-10-21(41-24-14-23(33-15-34-24)25-26(37-25)27(39)17-4-5-17)6-7-22(16)36-28(40)35-19-11-18(29(30,31)32)12-20(13-19)38-8-2-3-9-38/h6-7,10-15,17,25-26,37H,2-5,8-9H2,1H3,(H2,35,36,40). The quantitative estimate of drug-likeness (QED) is 0.294. The van der Waals surface area contributed by atoms with E-state index >= 15 is 0 Å². The number of aromatic nitrogens is 2. The van der Waals surface area contributed by atoms with Gasteiger partial charge in [0.2, 0.25) is 5.88 Å². The van der Waals surface area contributed by atoms with Crippen molar-refractivity contribution >= 4 is 28.9 Å². The first kappa shape index (κ1) is 27.0. The largest absolute Gasteiger partial charge is 0.439 e. The summed E-state index contributed by atoms with van der Waals surface area (Å²) in [6, 6.07) is 9.29. The van der Waals surface area contributed by atoms with Gasteiger partial charge in [0, 0.05) is 42.1 Å². The molecule has 2 saturated heterocycles. The summed E-state index contributed by atoms with van der Waals surface area (Å²) in [5, 5.41) is 8.41. The van der Waals surface area contributed by atoms with E-state index in [-0.39, 0.29) is 29.5 Å². The Labute approximate surface area is 234 Å². The zero-order valence-corrected chi connectivity index (χ0v) is 22.3. The van der Waals surface area contributed by atoms with Crippen molar-refractivity contribution in [2.24, 2.45) is 5.92 Å². The summed E-state index contributed by atoms with van der Waals surface area (Å²) in [5.74, 6) is 1.20. The van der Waals surface area contributed by atoms with Gasteiger partial charge in [-0.05, 0) is 74.6 Å². The second-order valence-electron chi connectivity index (χ2n) is 10.7. The summed E-state index contributed by atoms with van der Waals surface area (Å²) < 4.78 is 46.5. The lowest BCUT2D eigenvalue weighted by Crippen LogP contribution is -2.22. The number of hydrogen-bond donors (Lipinski definition) is 3. The van der Waals surface area contributed by atoms with Gasteiger partial charge >= 0.3 is 12.2 Å². The lowest BCUT2D eigenvalue weighted by atomic mass is 10.1. The predicted octanol–water partition coefficient (Wildman–Crippen LogP) is 5.83. The predicted molar refractivity (Wildman–Crippen MR) is 146 cm³/mol. The van der Waals surface area contributed by atoms with Crippen LogP contribution in [0.15, 0.2) is 48.8 Å². The number of nitrogens with one attached hydrogen (secondary N) is 3. The molecule has 0 bridgehead atoms. The highest BCUT2D eigenvalue weighted by Gasteiger charge is 2.49. The SMILES string of the molecule is Cc1cc(Oc2cc(C3NC3C(=O)C3CC3)ncn2)ccc1NC(=O)Nc1cc(N2CCCC2)cc(C(F)(F)F)c1. The van der Waals surface area contributed by atoms with Crippen molar-refractivity contribution < 1.29 is 27.5 Å². The van der Waals surface area contributed by atoms with Crippen LogP contribution in [0.3, 0.4) is 0 Å². The molecular formula is C29H29F3N6O3. The first-order valence-corrected chi connectivity index (χ1v) is 13.6. The number of alkyl halides is 3. The molecule has 3 N–H and O–H groups in total. The van der Waals surface area contributed by atoms with Crippen LogP contribution in [-0.4, -0.2) is 40.9 Å². The third-order valence-electron chi connectivity index (χ3n) is 7.49. The first-order valence-electron chi connectivity index (χ1n) is 13.6. The average Bonchev–Trinajstić information content (AvgIpc) is 3.86. The summed E-state index contributed by atoms with van der Waals surface area (Å²) >= 11 is 0. The Morgan fingerprint density at radius 3 is 2.51 bits per heavy atom. The van der Waals surface area contributed by atoms with Crippen molar-refractivity contribution in [2.45, 2.75) is 50.9 Å². The monoisotopic (exact) mass is 566 g/mol. The molecule has 3 fully saturated rings. The summed E-state index contributed by atoms with van der Waals surface area (Å²) in [7, 11) is 0. The number of nitrogens with zero attached hydrogens (tertiary/aromatic N) is 3. The number of amides is 2. The molecule has 3 aliphatic rings. The van der Waals surface area contributed by atoms with Crippen LogP contribution < -0.4 is 25.6 Å². The van der Waals surface area contributed by atoms with Gasteiger partial charge in [-0.1, -0.05) is 0 Å². The second kappa shape index (κ2) is 10.7. The smallest absolute Gasteiger partial charge is 0.416 e. The molecular weight excluding hydrogens is 537 g/mol. The van der Waals surface area contributed by atoms with Crippen molar-refractivity contribution in [2.75, 3.05) is 28.6 Å². The average molecular weight is 567 g/mol. The minimum atomic E-state index is -4.54. The molecule has 6 rings (SSSR count). The van der Waals surface area contributed by atoms with Gasteiger partial charge in [0.15, 0.2) is 5.78 Å². The number of ether oxygens (including phenoxy) is 1. The van der Waals surface area contributed by atoms with Gasteiger partial charge in [-0.15, -0.1) is 0 Å². The second-order valence-corrected chi connectivity index (χ2v) is 10.7. The van der Waals surface area contributed by atoms with Gasteiger partial charge in [-0.2, -0.15) is 13.2 Å². The molecule has 3 heterocycles. The Morgan fingerprint density at radius 1 is 1.02 bits per heavy atom. The number of rotatable bonds is 8. The van der Waals surface area contributed by atoms with E-state index in [4.69, 9.17) is 4.74 Å². The van der Waals surface area contributed by atoms with Crippen LogP contribution in [0.4, 0.5) is 35.0 Å². The summed E-state index contributed by atoms with van der Waals surface area (Å²) in [5.41, 5.74) is 1.50. The maximum atomic E-state index is 13.5. The van der Waals surface area contributed by atoms with Crippen molar-refractivity contribution in [3.05, 3.63) is 65.6 Å². The topological polar surface area (TPSA) is 118 Å². The number of benzene rings is 2. The molecule has 1 saturated carbocycles. The highest BCUT2D eigenvalue weighted by molar-refractivity contribution is 6.00. The minimum Gasteiger partial charge on any atom is -0.439 e. The zero-order chi connectivity index (χ0) is 28.7. The molecule has 41 heavy (non-hydrogen) atoms. The number of anilines is 3. The van der Waals surface area contributed by atoms with Crippen molar-refractivity contribution in [3.63, 3.8) is 0 Å². The van der Waals surface area contributed by atoms with Crippen LogP contribution in [0.1, 0.15) is 48.5 Å². The maximum absolute atomic E-state index is 13.5. The molecule has 2 atom stereocenters. The van der Waals surface area contributed by atoms with Crippen LogP contribution in [0.5, 0.6) is 11.6 Å². The third-order valence-corrected chi connectivity index (χ3v) is 7.49. The third kappa shape index (κ3) is 6.27. The molecule has 2 amide bonds. The lowest BCUT2D eigenvalue weighted by molar-refractivity contribution is -0.137. The molecule has 0 radical (unpaired) electrons. The van der Waals surface area contributed by atoms with Gasteiger partial charge in [-0.25, -0.2) is 14.8 Å². The molecule has 0 spiro atoms. The molecule has 12 heteroatoms. The van der Waals surface area contributed by atoms with E-state index in [2.05, 4.69) is 25.9 Å². The normalized spacial score (nSPS) is 20.0. The van der Waals surface area contributed by atoms with Gasteiger partial charge in [0.05, 0.1) is 23.3 Å². The molecule has 214 valence electrons. The van der Waals surface area contributed by atoms with Crippen molar-refractivity contribution in [3.8, 4) is 11.6 Å². The van der Waals surface area contributed by atoms with Crippen LogP contribution in [0, 0.1) is 12.8 Å². The Kier molecular flexibility index (Phi) is 7.02. The number of carbonyl (C=O) groups is 2. The molecule has 2 aromatic carbocycles. The van der Waals surface area contributed by atoms with E-state index in [0.29, 0.717) is 47.4 Å². The molecule has 3 aromatic rings. The van der Waals surface area contributed by atoms with Gasteiger partial charge in [-0.3, -0.25) is 10.1 Å². The number of ketones is 1. The summed E-state index contributed by atoms with van der Waals surface area (Å²) in [6.45, 7) is 3.12. The summed E-state index contributed by atoms with van der Waals surface area (Å²) in [4.78, 5) is 35.3. The Hall–Kier alpha value is -4.19. The van der Waals surface area contributed by atoms with Crippen LogP contribution in [0.2, 0.25) is 0 Å². The highest BCUT2D eigenvalue weighted by atomic mass is 19.4. The highest BCUT2D eigenvalue weighted by Crippen LogP contribution is 2.39. The molecule has 9 nitrogen and oxygen atoms in total. The first-order chi connectivity index (χ1) is 19.6. The fraction of sp³-hybridized carbons (Fsp3) is 0.379. The minimum absolute atomic E-state index is 0.0580. The van der Waals surface area contributed by atoms with E-state index < -0.39 is 17.8 Å². The van der Waals surface area contributed by atoms with Gasteiger partial charge in [0.25, 0.3) is 0 Å². The number of urea groups is 1. The molecule has 1 aromatic heterocycles. The van der Waals surface area contributed by atoms with Crippen molar-refractivity contribution in [1.82, 2.24) is 15.3 Å². The summed E-state index contributed by atoms with van der Waals surface area (Å²) in [6.07, 6.45) is 0.591.